The summed E-state index contributed by atoms with van der Waals surface area (Å²) < 4.78 is 31.4. The first-order valence-corrected chi connectivity index (χ1v) is 27.2. The molecule has 2 fully saturated rings. The molecule has 5 rings (SSSR count). The maximum absolute atomic E-state index is 14.4. The summed E-state index contributed by atoms with van der Waals surface area (Å²) in [6.07, 6.45) is 1.24. The molecular weight excluding hydrogens is 1030 g/mol. The van der Waals surface area contributed by atoms with Gasteiger partial charge in [-0.3, -0.25) is 29.1 Å². The Labute approximate surface area is 450 Å². The van der Waals surface area contributed by atoms with Crippen molar-refractivity contribution in [3.63, 3.8) is 0 Å². The van der Waals surface area contributed by atoms with Crippen LogP contribution in [0.4, 0.5) is 10.5 Å². The van der Waals surface area contributed by atoms with E-state index in [1.807, 2.05) is 26.8 Å². The summed E-state index contributed by atoms with van der Waals surface area (Å²) in [6, 6.07) is 2.45. The third kappa shape index (κ3) is 15.2. The average molecular weight is 1110 g/mol. The molecule has 8 atom stereocenters. The summed E-state index contributed by atoms with van der Waals surface area (Å²) in [4.78, 5) is 95.0. The Morgan fingerprint density at radius 1 is 1.15 bits per heavy atom. The van der Waals surface area contributed by atoms with Crippen LogP contribution in [-0.2, 0) is 62.9 Å². The number of fused-ring (bicyclic) bond motifs is 5. The van der Waals surface area contributed by atoms with Gasteiger partial charge in [-0.2, -0.15) is 5.10 Å². The van der Waals surface area contributed by atoms with Gasteiger partial charge in [0.15, 0.2) is 11.5 Å². The molecule has 0 radical (unpaired) electrons. The fourth-order valence-corrected chi connectivity index (χ4v) is 11.6. The summed E-state index contributed by atoms with van der Waals surface area (Å²) in [5.41, 5.74) is 1.33. The van der Waals surface area contributed by atoms with E-state index in [2.05, 4.69) is 26.3 Å². The molecule has 0 saturated carbocycles. The highest BCUT2D eigenvalue weighted by Gasteiger charge is 2.64. The minimum atomic E-state index is -1.87. The first kappa shape index (κ1) is 60.5. The fourth-order valence-electron chi connectivity index (χ4n) is 8.84. The first-order chi connectivity index (χ1) is 35.2. The molecular formula is C50H72ClN9O13S2. The van der Waals surface area contributed by atoms with Crippen molar-refractivity contribution in [1.29, 1.82) is 0 Å². The number of hydrogen-bond acceptors (Lipinski definition) is 17. The van der Waals surface area contributed by atoms with Crippen molar-refractivity contribution in [2.24, 2.45) is 18.1 Å². The number of esters is 1. The van der Waals surface area contributed by atoms with Gasteiger partial charge in [0.25, 0.3) is 0 Å². The second-order valence-electron chi connectivity index (χ2n) is 19.9. The SMILES string of the molecule is CNC(=O)CCCn1nc(/C(C)=N\NC(=O)CC(C)(C)SSCCC(=O)N(C)[C@@H](C)C(=O)O[C@H]2CC(=O)N(C)c3cc(cc(OC)c3Cl)C/C(C)=C/C=C/[C@@H](OC)[C@@]3(O)C[C@H](OC(=O)N3)[C@@H](C)[C@@H]3O[C@@]23C)n(C)c1=O. The van der Waals surface area contributed by atoms with Crippen LogP contribution in [0.3, 0.4) is 0 Å². The van der Waals surface area contributed by atoms with E-state index in [1.165, 1.54) is 68.8 Å². The second-order valence-corrected chi connectivity index (χ2v) is 23.4. The number of rotatable bonds is 18. The normalized spacial score (nSPS) is 25.9. The molecule has 4 N–H and O–H groups in total. The highest BCUT2D eigenvalue weighted by atomic mass is 35.5. The van der Waals surface area contributed by atoms with Crippen molar-refractivity contribution in [3.8, 4) is 5.75 Å². The van der Waals surface area contributed by atoms with Gasteiger partial charge in [0, 0.05) is 83.9 Å². The topological polar surface area (TPSA) is 267 Å². The van der Waals surface area contributed by atoms with Crippen LogP contribution in [0.5, 0.6) is 5.75 Å². The number of likely N-dealkylation sites (N-methyl/N-ethyl adjacent to an activating group) is 1. The van der Waals surface area contributed by atoms with E-state index in [4.69, 9.17) is 35.3 Å². The van der Waals surface area contributed by atoms with Crippen LogP contribution in [0.15, 0.2) is 45.8 Å². The van der Waals surface area contributed by atoms with Gasteiger partial charge in [-0.15, -0.1) is 5.10 Å². The van der Waals surface area contributed by atoms with E-state index in [0.29, 0.717) is 35.7 Å². The molecule has 4 bridgehead atoms. The lowest BCUT2D eigenvalue weighted by atomic mass is 9.83. The Morgan fingerprint density at radius 3 is 2.52 bits per heavy atom. The van der Waals surface area contributed by atoms with Crippen molar-refractivity contribution in [2.45, 2.75) is 146 Å². The minimum Gasteiger partial charge on any atom is -0.495 e. The Balaban J connectivity index is 1.24. The van der Waals surface area contributed by atoms with Gasteiger partial charge in [0.05, 0.1) is 25.3 Å². The quantitative estimate of drug-likeness (QED) is 0.0402. The number of carbonyl (C=O) groups is 6. The molecule has 1 aromatic heterocycles. The molecule has 414 valence electrons. The zero-order chi connectivity index (χ0) is 55.7. The lowest BCUT2D eigenvalue weighted by Gasteiger charge is -2.42. The molecule has 0 spiro atoms. The van der Waals surface area contributed by atoms with Gasteiger partial charge in [-0.25, -0.2) is 24.5 Å². The number of alkyl carbamates (subject to hydrolysis) is 1. The Hall–Kier alpha value is -5.40. The van der Waals surface area contributed by atoms with E-state index < -0.39 is 70.4 Å². The van der Waals surface area contributed by atoms with Crippen molar-refractivity contribution in [3.05, 3.63) is 62.8 Å². The maximum Gasteiger partial charge on any atom is 0.409 e. The molecule has 25 heteroatoms. The molecule has 3 aliphatic rings. The first-order valence-electron chi connectivity index (χ1n) is 24.5. The van der Waals surface area contributed by atoms with Crippen molar-refractivity contribution >= 4 is 80.3 Å². The maximum atomic E-state index is 14.4. The van der Waals surface area contributed by atoms with Crippen LogP contribution in [0.1, 0.15) is 98.4 Å². The number of nitrogens with one attached hydrogen (secondary N) is 3. The third-order valence-corrected chi connectivity index (χ3v) is 17.2. The number of epoxide rings is 1. The van der Waals surface area contributed by atoms with E-state index in [1.54, 1.807) is 66.2 Å². The summed E-state index contributed by atoms with van der Waals surface area (Å²) in [6.45, 7) is 12.5. The number of carbonyl (C=O) groups excluding carboxylic acids is 6. The van der Waals surface area contributed by atoms with Crippen LogP contribution in [0, 0.1) is 5.92 Å². The van der Waals surface area contributed by atoms with Gasteiger partial charge in [0.2, 0.25) is 23.6 Å². The predicted molar refractivity (Wildman–Crippen MR) is 285 cm³/mol. The van der Waals surface area contributed by atoms with Gasteiger partial charge in [0.1, 0.15) is 46.4 Å². The molecule has 2 aromatic rings. The van der Waals surface area contributed by atoms with Gasteiger partial charge in [-0.05, 0) is 72.1 Å². The van der Waals surface area contributed by atoms with E-state index in [-0.39, 0.29) is 72.9 Å². The van der Waals surface area contributed by atoms with E-state index >= 15 is 0 Å². The van der Waals surface area contributed by atoms with Gasteiger partial charge in [-0.1, -0.05) is 63.9 Å². The second kappa shape index (κ2) is 25.6. The molecule has 75 heavy (non-hydrogen) atoms. The number of benzene rings is 1. The third-order valence-electron chi connectivity index (χ3n) is 13.6. The van der Waals surface area contributed by atoms with Crippen molar-refractivity contribution < 1.29 is 57.6 Å². The number of hydrazone groups is 1. The predicted octanol–water partition coefficient (Wildman–Crippen LogP) is 4.42. The van der Waals surface area contributed by atoms with E-state index in [0.717, 1.165) is 11.1 Å². The zero-order valence-electron chi connectivity index (χ0n) is 44.9. The number of ether oxygens (including phenoxy) is 5. The van der Waals surface area contributed by atoms with Crippen LogP contribution in [-0.4, -0.2) is 153 Å². The zero-order valence-corrected chi connectivity index (χ0v) is 47.3. The highest BCUT2D eigenvalue weighted by Crippen LogP contribution is 2.49. The van der Waals surface area contributed by atoms with Crippen LogP contribution < -0.4 is 31.4 Å². The lowest BCUT2D eigenvalue weighted by Crippen LogP contribution is -2.63. The highest BCUT2D eigenvalue weighted by molar-refractivity contribution is 8.77. The Morgan fingerprint density at radius 2 is 1.85 bits per heavy atom. The summed E-state index contributed by atoms with van der Waals surface area (Å²) in [7, 11) is 11.8. The molecule has 2 saturated heterocycles. The van der Waals surface area contributed by atoms with Crippen LogP contribution in [0.2, 0.25) is 5.02 Å². The molecule has 1 aromatic carbocycles. The lowest BCUT2D eigenvalue weighted by molar-refractivity contribution is -0.162. The minimum absolute atomic E-state index is 0.0431. The monoisotopic (exact) mass is 1110 g/mol. The van der Waals surface area contributed by atoms with Crippen molar-refractivity contribution in [2.75, 3.05) is 46.0 Å². The van der Waals surface area contributed by atoms with Gasteiger partial charge < -0.3 is 43.9 Å². The molecule has 4 heterocycles. The molecule has 3 aliphatic heterocycles. The largest absolute Gasteiger partial charge is 0.495 e. The summed E-state index contributed by atoms with van der Waals surface area (Å²) in [5.74, 6) is -1.79. The molecule has 5 amide bonds. The molecule has 22 nitrogen and oxygen atoms in total. The number of halogens is 1. The number of aromatic nitrogens is 3. The number of methoxy groups -OCH3 is 2. The average Bonchev–Trinajstić information content (AvgIpc) is 3.98. The van der Waals surface area contributed by atoms with E-state index in [9.17, 15) is 38.7 Å². The number of nitrogens with zero attached hydrogens (tertiary/aromatic N) is 6. The number of hydrogen-bond donors (Lipinski definition) is 4. The fraction of sp³-hybridized carbons (Fsp3) is 0.620. The number of aliphatic hydroxyl groups is 1. The van der Waals surface area contributed by atoms with Gasteiger partial charge >= 0.3 is 17.8 Å². The molecule has 0 aliphatic carbocycles. The number of amides is 5. The summed E-state index contributed by atoms with van der Waals surface area (Å²) >= 11 is 6.82. The number of aryl methyl sites for hydroxylation is 1. The Kier molecular flexibility index (Phi) is 20.7. The number of anilines is 1. The molecule has 0 unspecified atom stereocenters. The number of allylic oxidation sites excluding steroid dienone is 3. The van der Waals surface area contributed by atoms with Crippen LogP contribution in [0.25, 0.3) is 0 Å². The summed E-state index contributed by atoms with van der Waals surface area (Å²) in [5, 5.41) is 25.6. The van der Waals surface area contributed by atoms with Crippen LogP contribution >= 0.6 is 33.2 Å². The smallest absolute Gasteiger partial charge is 0.409 e. The van der Waals surface area contributed by atoms with Crippen molar-refractivity contribution in [1.82, 2.24) is 35.3 Å². The Bertz CT molecular complexity index is 2620. The standard InChI is InChI=1S/C50H72ClN9O13S2/c1-28-16-14-17-36(70-13)50(68)26-35(71-46(66)53-50)29(2)43-49(7,73-43)37(25-41(64)58(10)33-23-32(22-28)24-34(69-12)42(33)51)72-45(65)31(4)57(9)40(63)19-21-74-75-48(5,6)27-39(62)55-54-30(3)44-56-60(47(67)59(44)11)20-15-18-38(61)52-8/h14,16-17,23-24,29,31,35-37,43,68H,15,18-22,25-27H2,1-13H3,(H,52,61)(H,53,66)(H,55,62)/b17-14+,28-16+,54-30-/t29-,31+,35+,36-,37+,43+,49+,50+/m1/s1.